The summed E-state index contributed by atoms with van der Waals surface area (Å²) in [6.45, 7) is 3.91. The van der Waals surface area contributed by atoms with Gasteiger partial charge in [-0.3, -0.25) is 9.59 Å². The molecule has 1 saturated heterocycles. The van der Waals surface area contributed by atoms with Gasteiger partial charge in [-0.15, -0.1) is 0 Å². The third-order valence-corrected chi connectivity index (χ3v) is 5.45. The summed E-state index contributed by atoms with van der Waals surface area (Å²) in [5.74, 6) is 0.590. The Morgan fingerprint density at radius 2 is 1.76 bits per heavy atom. The monoisotopic (exact) mass is 317 g/mol. The van der Waals surface area contributed by atoms with Crippen molar-refractivity contribution in [3.63, 3.8) is 0 Å². The van der Waals surface area contributed by atoms with Crippen molar-refractivity contribution in [3.05, 3.63) is 0 Å². The predicted octanol–water partition coefficient (Wildman–Crippen LogP) is -0.747. The second kappa shape index (κ2) is 6.31. The van der Waals surface area contributed by atoms with Gasteiger partial charge in [0.15, 0.2) is 0 Å². The van der Waals surface area contributed by atoms with Crippen LogP contribution >= 0.6 is 0 Å². The minimum atomic E-state index is -3.17. The zero-order valence-corrected chi connectivity index (χ0v) is 13.4. The average Bonchev–Trinajstić information content (AvgIpc) is 3.15. The van der Waals surface area contributed by atoms with Gasteiger partial charge in [-0.1, -0.05) is 6.92 Å². The largest absolute Gasteiger partial charge is 0.355 e. The van der Waals surface area contributed by atoms with Gasteiger partial charge in [-0.25, -0.2) is 8.42 Å². The Bertz CT molecular complexity index is 512. The molecule has 0 radical (unpaired) electrons. The van der Waals surface area contributed by atoms with Gasteiger partial charge in [0, 0.05) is 45.1 Å². The summed E-state index contributed by atoms with van der Waals surface area (Å²) in [6.07, 6.45) is 2.39. The molecule has 1 aliphatic carbocycles. The molecule has 2 amide bonds. The lowest BCUT2D eigenvalue weighted by molar-refractivity contribution is -0.132. The van der Waals surface area contributed by atoms with Crippen LogP contribution in [0.4, 0.5) is 0 Å². The number of piperazine rings is 1. The molecule has 21 heavy (non-hydrogen) atoms. The van der Waals surface area contributed by atoms with Crippen LogP contribution in [0.15, 0.2) is 0 Å². The molecule has 2 aliphatic rings. The molecule has 0 spiro atoms. The first-order chi connectivity index (χ1) is 9.79. The highest BCUT2D eigenvalue weighted by molar-refractivity contribution is 7.88. The Balaban J connectivity index is 1.67. The number of hydrogen-bond donors (Lipinski definition) is 1. The van der Waals surface area contributed by atoms with E-state index in [0.29, 0.717) is 38.6 Å². The van der Waals surface area contributed by atoms with Crippen LogP contribution in [-0.2, 0) is 19.6 Å². The number of carbonyl (C=O) groups excluding carboxylic acids is 2. The molecule has 0 aromatic heterocycles. The van der Waals surface area contributed by atoms with Gasteiger partial charge in [0.05, 0.1) is 6.26 Å². The van der Waals surface area contributed by atoms with Crippen molar-refractivity contribution in [2.24, 2.45) is 11.8 Å². The van der Waals surface area contributed by atoms with E-state index in [1.165, 1.54) is 10.6 Å². The van der Waals surface area contributed by atoms with Crippen LogP contribution in [0.25, 0.3) is 0 Å². The van der Waals surface area contributed by atoms with Crippen LogP contribution in [-0.4, -0.2) is 68.4 Å². The molecule has 2 rings (SSSR count). The molecule has 2 fully saturated rings. The maximum absolute atomic E-state index is 12.0. The molecule has 1 heterocycles. The highest BCUT2D eigenvalue weighted by Gasteiger charge is 2.38. The maximum atomic E-state index is 12.0. The molecule has 0 aromatic rings. The van der Waals surface area contributed by atoms with E-state index in [2.05, 4.69) is 5.32 Å². The highest BCUT2D eigenvalue weighted by Crippen LogP contribution is 2.37. The molecular weight excluding hydrogens is 294 g/mol. The Kier molecular flexibility index (Phi) is 4.88. The van der Waals surface area contributed by atoms with E-state index in [4.69, 9.17) is 0 Å². The summed E-state index contributed by atoms with van der Waals surface area (Å²) in [5, 5.41) is 2.79. The van der Waals surface area contributed by atoms with Crippen molar-refractivity contribution in [1.29, 1.82) is 0 Å². The van der Waals surface area contributed by atoms with Crippen LogP contribution in [0.1, 0.15) is 19.8 Å². The van der Waals surface area contributed by atoms with Crippen molar-refractivity contribution in [2.75, 3.05) is 39.0 Å². The van der Waals surface area contributed by atoms with Crippen molar-refractivity contribution in [1.82, 2.24) is 14.5 Å². The van der Waals surface area contributed by atoms with E-state index >= 15 is 0 Å². The molecule has 1 saturated carbocycles. The molecule has 1 N–H and O–H groups in total. The van der Waals surface area contributed by atoms with Gasteiger partial charge in [-0.2, -0.15) is 4.31 Å². The van der Waals surface area contributed by atoms with E-state index in [9.17, 15) is 18.0 Å². The number of hydrogen-bond acceptors (Lipinski definition) is 4. The van der Waals surface area contributed by atoms with Crippen LogP contribution < -0.4 is 5.32 Å². The fourth-order valence-electron chi connectivity index (χ4n) is 2.54. The number of nitrogens with one attached hydrogen (secondary N) is 1. The van der Waals surface area contributed by atoms with Gasteiger partial charge in [-0.05, 0) is 12.3 Å². The SMILES string of the molecule is C[C@@H]1C[C@@H]1C(=O)NCCC(=O)N1CCN(S(C)(=O)=O)CC1. The number of sulfonamides is 1. The van der Waals surface area contributed by atoms with Crippen molar-refractivity contribution < 1.29 is 18.0 Å². The van der Waals surface area contributed by atoms with Gasteiger partial charge in [0.1, 0.15) is 0 Å². The minimum absolute atomic E-state index is 0.0349. The fraction of sp³-hybridized carbons (Fsp3) is 0.846. The smallest absolute Gasteiger partial charge is 0.224 e. The lowest BCUT2D eigenvalue weighted by Crippen LogP contribution is -2.50. The standard InChI is InChI=1S/C13H23N3O4S/c1-10-9-11(10)13(18)14-4-3-12(17)15-5-7-16(8-6-15)21(2,19)20/h10-11H,3-9H2,1-2H3,(H,14,18)/t10-,11+/m1/s1. The number of carbonyl (C=O) groups is 2. The Hall–Kier alpha value is -1.15. The van der Waals surface area contributed by atoms with Gasteiger partial charge in [0.25, 0.3) is 0 Å². The van der Waals surface area contributed by atoms with E-state index in [1.54, 1.807) is 4.90 Å². The highest BCUT2D eigenvalue weighted by atomic mass is 32.2. The Labute approximate surface area is 125 Å². The zero-order valence-electron chi connectivity index (χ0n) is 12.5. The van der Waals surface area contributed by atoms with Crippen LogP contribution in [0.3, 0.4) is 0 Å². The molecule has 7 nitrogen and oxygen atoms in total. The lowest BCUT2D eigenvalue weighted by atomic mass is 10.3. The second-order valence-electron chi connectivity index (χ2n) is 5.90. The van der Waals surface area contributed by atoms with E-state index in [0.717, 1.165) is 6.42 Å². The average molecular weight is 317 g/mol. The summed E-state index contributed by atoms with van der Waals surface area (Å²) in [5.41, 5.74) is 0. The minimum Gasteiger partial charge on any atom is -0.355 e. The first kappa shape index (κ1) is 16.2. The summed E-state index contributed by atoms with van der Waals surface area (Å²) < 4.78 is 24.1. The topological polar surface area (TPSA) is 86.8 Å². The normalized spacial score (nSPS) is 26.5. The second-order valence-corrected chi connectivity index (χ2v) is 7.89. The zero-order chi connectivity index (χ0) is 15.6. The molecule has 8 heteroatoms. The summed E-state index contributed by atoms with van der Waals surface area (Å²) in [4.78, 5) is 25.3. The van der Waals surface area contributed by atoms with Crippen molar-refractivity contribution in [2.45, 2.75) is 19.8 Å². The number of nitrogens with zero attached hydrogens (tertiary/aromatic N) is 2. The van der Waals surface area contributed by atoms with Crippen LogP contribution in [0, 0.1) is 11.8 Å². The maximum Gasteiger partial charge on any atom is 0.224 e. The molecule has 120 valence electrons. The summed E-state index contributed by atoms with van der Waals surface area (Å²) in [7, 11) is -3.17. The third kappa shape index (κ3) is 4.41. The molecule has 2 atom stereocenters. The van der Waals surface area contributed by atoms with Crippen molar-refractivity contribution in [3.8, 4) is 0 Å². The number of amides is 2. The van der Waals surface area contributed by atoms with Gasteiger partial charge < -0.3 is 10.2 Å². The predicted molar refractivity (Wildman–Crippen MR) is 77.9 cm³/mol. The molecular formula is C13H23N3O4S. The van der Waals surface area contributed by atoms with E-state index in [-0.39, 0.29) is 24.2 Å². The van der Waals surface area contributed by atoms with Gasteiger partial charge in [0.2, 0.25) is 21.8 Å². The van der Waals surface area contributed by atoms with Crippen LogP contribution in [0.2, 0.25) is 0 Å². The fourth-order valence-corrected chi connectivity index (χ4v) is 3.37. The Morgan fingerprint density at radius 3 is 2.24 bits per heavy atom. The van der Waals surface area contributed by atoms with E-state index in [1.807, 2.05) is 6.92 Å². The summed E-state index contributed by atoms with van der Waals surface area (Å²) >= 11 is 0. The van der Waals surface area contributed by atoms with Gasteiger partial charge >= 0.3 is 0 Å². The van der Waals surface area contributed by atoms with E-state index < -0.39 is 10.0 Å². The molecule has 0 unspecified atom stereocenters. The first-order valence-electron chi connectivity index (χ1n) is 7.29. The third-order valence-electron chi connectivity index (χ3n) is 4.14. The number of rotatable bonds is 5. The molecule has 1 aliphatic heterocycles. The summed E-state index contributed by atoms with van der Waals surface area (Å²) in [6, 6.07) is 0. The Morgan fingerprint density at radius 1 is 1.19 bits per heavy atom. The molecule has 0 bridgehead atoms. The van der Waals surface area contributed by atoms with Crippen molar-refractivity contribution >= 4 is 21.8 Å². The molecule has 0 aromatic carbocycles. The quantitative estimate of drug-likeness (QED) is 0.723. The lowest BCUT2D eigenvalue weighted by Gasteiger charge is -2.33. The first-order valence-corrected chi connectivity index (χ1v) is 9.14. The van der Waals surface area contributed by atoms with Crippen LogP contribution in [0.5, 0.6) is 0 Å².